The molecule has 0 unspecified atom stereocenters. The van der Waals surface area contributed by atoms with Crippen LogP contribution in [0.1, 0.15) is 24.0 Å². The first-order valence-electron chi connectivity index (χ1n) is 10.00. The van der Waals surface area contributed by atoms with E-state index in [2.05, 4.69) is 0 Å². The second-order valence-corrected chi connectivity index (χ2v) is 10.5. The molecule has 3 rings (SSSR count). The second-order valence-electron chi connectivity index (χ2n) is 7.70. The highest BCUT2D eigenvalue weighted by Crippen LogP contribution is 2.29. The SMILES string of the molecule is COc1ccc(CN(C)C(=O)[C@@H]2CCCN(S(=O)(=O)Cc3c(Cl)cccc3Cl)C2)cc1. The van der Waals surface area contributed by atoms with Gasteiger partial charge in [-0.05, 0) is 42.7 Å². The Morgan fingerprint density at radius 1 is 1.16 bits per heavy atom. The number of rotatable bonds is 7. The maximum absolute atomic E-state index is 13.0. The quantitative estimate of drug-likeness (QED) is 0.590. The van der Waals surface area contributed by atoms with E-state index >= 15 is 0 Å². The number of hydrogen-bond acceptors (Lipinski definition) is 4. The largest absolute Gasteiger partial charge is 0.497 e. The summed E-state index contributed by atoms with van der Waals surface area (Å²) < 4.78 is 32.6. The Kier molecular flexibility index (Phi) is 7.86. The van der Waals surface area contributed by atoms with E-state index in [0.29, 0.717) is 41.5 Å². The summed E-state index contributed by atoms with van der Waals surface area (Å²) in [7, 11) is -0.316. The normalized spacial score (nSPS) is 17.4. The summed E-state index contributed by atoms with van der Waals surface area (Å²) in [6, 6.07) is 12.4. The molecule has 1 amide bonds. The number of ether oxygens (including phenoxy) is 1. The Balaban J connectivity index is 1.66. The van der Waals surface area contributed by atoms with Gasteiger partial charge in [0, 0.05) is 42.3 Å². The van der Waals surface area contributed by atoms with Crippen molar-refractivity contribution in [2.75, 3.05) is 27.2 Å². The maximum Gasteiger partial charge on any atom is 0.227 e. The van der Waals surface area contributed by atoms with Crippen LogP contribution in [-0.4, -0.2) is 50.8 Å². The van der Waals surface area contributed by atoms with Gasteiger partial charge in [0.15, 0.2) is 0 Å². The monoisotopic (exact) mass is 484 g/mol. The number of carbonyl (C=O) groups excluding carboxylic acids is 1. The van der Waals surface area contributed by atoms with Gasteiger partial charge in [-0.3, -0.25) is 4.79 Å². The lowest BCUT2D eigenvalue weighted by Crippen LogP contribution is -2.46. The van der Waals surface area contributed by atoms with Crippen LogP contribution in [0.25, 0.3) is 0 Å². The predicted octanol–water partition coefficient (Wildman–Crippen LogP) is 4.20. The summed E-state index contributed by atoms with van der Waals surface area (Å²) in [5.41, 5.74) is 1.36. The van der Waals surface area contributed by atoms with Crippen molar-refractivity contribution in [3.63, 3.8) is 0 Å². The van der Waals surface area contributed by atoms with E-state index in [1.165, 1.54) is 4.31 Å². The van der Waals surface area contributed by atoms with Crippen molar-refractivity contribution in [3.05, 3.63) is 63.6 Å². The Labute approximate surface area is 193 Å². The van der Waals surface area contributed by atoms with Crippen molar-refractivity contribution in [2.45, 2.75) is 25.1 Å². The number of sulfonamides is 1. The molecule has 2 aromatic rings. The van der Waals surface area contributed by atoms with Crippen LogP contribution in [0.2, 0.25) is 10.0 Å². The van der Waals surface area contributed by atoms with E-state index in [1.54, 1.807) is 37.3 Å². The number of hydrogen-bond donors (Lipinski definition) is 0. The zero-order valence-electron chi connectivity index (χ0n) is 17.6. The molecule has 6 nitrogen and oxygen atoms in total. The number of nitrogens with zero attached hydrogens (tertiary/aromatic N) is 2. The summed E-state index contributed by atoms with van der Waals surface area (Å²) in [6.45, 7) is 0.994. The van der Waals surface area contributed by atoms with Crippen LogP contribution in [0, 0.1) is 5.92 Å². The minimum atomic E-state index is -3.66. The fraction of sp³-hybridized carbons (Fsp3) is 0.409. The van der Waals surface area contributed by atoms with Gasteiger partial charge in [-0.25, -0.2) is 12.7 Å². The van der Waals surface area contributed by atoms with Crippen molar-refractivity contribution in [2.24, 2.45) is 5.92 Å². The van der Waals surface area contributed by atoms with Gasteiger partial charge in [-0.2, -0.15) is 0 Å². The Hall–Kier alpha value is -1.80. The number of halogens is 2. The van der Waals surface area contributed by atoms with Gasteiger partial charge in [0.05, 0.1) is 18.8 Å². The molecular formula is C22H26Cl2N2O4S. The van der Waals surface area contributed by atoms with Crippen molar-refractivity contribution in [3.8, 4) is 5.75 Å². The summed E-state index contributed by atoms with van der Waals surface area (Å²) in [4.78, 5) is 14.6. The van der Waals surface area contributed by atoms with Gasteiger partial charge in [0.2, 0.25) is 15.9 Å². The molecule has 1 saturated heterocycles. The number of piperidine rings is 1. The van der Waals surface area contributed by atoms with Gasteiger partial charge in [-0.1, -0.05) is 41.4 Å². The molecule has 0 saturated carbocycles. The lowest BCUT2D eigenvalue weighted by molar-refractivity contribution is -0.135. The molecule has 168 valence electrons. The third kappa shape index (κ3) is 5.92. The fourth-order valence-electron chi connectivity index (χ4n) is 3.73. The first-order chi connectivity index (χ1) is 14.7. The van der Waals surface area contributed by atoms with E-state index in [1.807, 2.05) is 24.3 Å². The zero-order valence-corrected chi connectivity index (χ0v) is 19.9. The standard InChI is InChI=1S/C22H26Cl2N2O4S/c1-25(13-16-8-10-18(30-2)11-9-16)22(27)17-5-4-12-26(14-17)31(28,29)15-19-20(23)6-3-7-21(19)24/h3,6-11,17H,4-5,12-15H2,1-2H3/t17-/m1/s1. The molecule has 0 aliphatic carbocycles. The predicted molar refractivity (Wildman–Crippen MR) is 123 cm³/mol. The molecule has 0 N–H and O–H groups in total. The average molecular weight is 485 g/mol. The first kappa shape index (κ1) is 23.9. The third-order valence-corrected chi connectivity index (χ3v) is 7.95. The minimum Gasteiger partial charge on any atom is -0.497 e. The molecule has 1 atom stereocenters. The van der Waals surface area contributed by atoms with Crippen LogP contribution < -0.4 is 4.74 Å². The highest BCUT2D eigenvalue weighted by molar-refractivity contribution is 7.88. The van der Waals surface area contributed by atoms with Crippen LogP contribution in [-0.2, 0) is 27.1 Å². The number of benzene rings is 2. The second kappa shape index (κ2) is 10.2. The highest BCUT2D eigenvalue weighted by atomic mass is 35.5. The molecule has 0 spiro atoms. The van der Waals surface area contributed by atoms with Crippen molar-refractivity contribution in [1.82, 2.24) is 9.21 Å². The average Bonchev–Trinajstić information content (AvgIpc) is 2.76. The molecule has 0 aromatic heterocycles. The lowest BCUT2D eigenvalue weighted by Gasteiger charge is -2.33. The molecular weight excluding hydrogens is 459 g/mol. The van der Waals surface area contributed by atoms with Crippen molar-refractivity contribution < 1.29 is 17.9 Å². The Morgan fingerprint density at radius 3 is 2.42 bits per heavy atom. The minimum absolute atomic E-state index is 0.0634. The van der Waals surface area contributed by atoms with Crippen LogP contribution in [0.3, 0.4) is 0 Å². The molecule has 1 fully saturated rings. The van der Waals surface area contributed by atoms with Crippen molar-refractivity contribution in [1.29, 1.82) is 0 Å². The summed E-state index contributed by atoms with van der Waals surface area (Å²) in [6.07, 6.45) is 1.28. The third-order valence-electron chi connectivity index (χ3n) is 5.47. The van der Waals surface area contributed by atoms with Crippen LogP contribution in [0.4, 0.5) is 0 Å². The van der Waals surface area contributed by atoms with E-state index < -0.39 is 10.0 Å². The summed E-state index contributed by atoms with van der Waals surface area (Å²) in [5.74, 6) is 0.0261. The first-order valence-corrected chi connectivity index (χ1v) is 12.4. The van der Waals surface area contributed by atoms with Gasteiger partial charge < -0.3 is 9.64 Å². The molecule has 31 heavy (non-hydrogen) atoms. The summed E-state index contributed by atoms with van der Waals surface area (Å²) in [5, 5.41) is 0.639. The number of methoxy groups -OCH3 is 1. The summed E-state index contributed by atoms with van der Waals surface area (Å²) >= 11 is 12.3. The van der Waals surface area contributed by atoms with Crippen LogP contribution in [0.15, 0.2) is 42.5 Å². The van der Waals surface area contributed by atoms with Gasteiger partial charge in [-0.15, -0.1) is 0 Å². The molecule has 9 heteroatoms. The van der Waals surface area contributed by atoms with E-state index in [-0.39, 0.29) is 24.1 Å². The fourth-order valence-corrected chi connectivity index (χ4v) is 6.10. The lowest BCUT2D eigenvalue weighted by atomic mass is 9.98. The van der Waals surface area contributed by atoms with Gasteiger partial charge in [0.1, 0.15) is 5.75 Å². The van der Waals surface area contributed by atoms with Gasteiger partial charge >= 0.3 is 0 Å². The maximum atomic E-state index is 13.0. The molecule has 2 aromatic carbocycles. The number of carbonyl (C=O) groups is 1. The highest BCUT2D eigenvalue weighted by Gasteiger charge is 2.34. The van der Waals surface area contributed by atoms with Crippen LogP contribution >= 0.6 is 23.2 Å². The smallest absolute Gasteiger partial charge is 0.227 e. The molecule has 1 aliphatic heterocycles. The van der Waals surface area contributed by atoms with E-state index in [4.69, 9.17) is 27.9 Å². The van der Waals surface area contributed by atoms with E-state index in [9.17, 15) is 13.2 Å². The Bertz CT molecular complexity index is 1010. The Morgan fingerprint density at radius 2 is 1.81 bits per heavy atom. The molecule has 0 bridgehead atoms. The van der Waals surface area contributed by atoms with E-state index in [0.717, 1.165) is 11.3 Å². The molecule has 0 radical (unpaired) electrons. The van der Waals surface area contributed by atoms with Gasteiger partial charge in [0.25, 0.3) is 0 Å². The zero-order chi connectivity index (χ0) is 22.6. The molecule has 1 heterocycles. The van der Waals surface area contributed by atoms with Crippen molar-refractivity contribution >= 4 is 39.1 Å². The number of amides is 1. The molecule has 1 aliphatic rings. The topological polar surface area (TPSA) is 66.9 Å². The van der Waals surface area contributed by atoms with Crippen LogP contribution in [0.5, 0.6) is 5.75 Å².